The molecular formula is C18H23BrN2. The first-order valence-corrected chi connectivity index (χ1v) is 8.83. The van der Waals surface area contributed by atoms with Crippen molar-refractivity contribution < 1.29 is 0 Å². The summed E-state index contributed by atoms with van der Waals surface area (Å²) in [6.07, 6.45) is 6.42. The Morgan fingerprint density at radius 2 is 2.00 bits per heavy atom. The van der Waals surface area contributed by atoms with Gasteiger partial charge in [0.2, 0.25) is 0 Å². The molecule has 2 nitrogen and oxygen atoms in total. The van der Waals surface area contributed by atoms with Crippen molar-refractivity contribution in [1.29, 1.82) is 0 Å². The fourth-order valence-corrected chi connectivity index (χ4v) is 3.89. The summed E-state index contributed by atoms with van der Waals surface area (Å²) in [6, 6.07) is 6.64. The van der Waals surface area contributed by atoms with Gasteiger partial charge in [-0.25, -0.2) is 0 Å². The molecule has 2 aromatic rings. The second-order valence-electron chi connectivity index (χ2n) is 6.12. The first-order valence-electron chi connectivity index (χ1n) is 8.03. The van der Waals surface area contributed by atoms with E-state index in [1.54, 1.807) is 0 Å². The summed E-state index contributed by atoms with van der Waals surface area (Å²) in [5.41, 5.74) is 4.93. The summed E-state index contributed by atoms with van der Waals surface area (Å²) >= 11 is 3.61. The summed E-state index contributed by atoms with van der Waals surface area (Å²) in [4.78, 5) is 5.01. The Bertz CT molecular complexity index is 645. The van der Waals surface area contributed by atoms with E-state index in [2.05, 4.69) is 53.3 Å². The van der Waals surface area contributed by atoms with Crippen LogP contribution in [-0.4, -0.2) is 11.5 Å². The maximum Gasteiger partial charge on any atom is 0.0756 e. The molecule has 0 bridgehead atoms. The normalized spacial score (nSPS) is 15.8. The molecule has 1 N–H and O–H groups in total. The van der Waals surface area contributed by atoms with Gasteiger partial charge in [0.15, 0.2) is 0 Å². The van der Waals surface area contributed by atoms with Gasteiger partial charge in [0.1, 0.15) is 0 Å². The summed E-state index contributed by atoms with van der Waals surface area (Å²) in [5, 5.41) is 4.83. The van der Waals surface area contributed by atoms with Crippen molar-refractivity contribution in [3.05, 3.63) is 33.9 Å². The van der Waals surface area contributed by atoms with Gasteiger partial charge in [-0.05, 0) is 49.9 Å². The van der Waals surface area contributed by atoms with Crippen molar-refractivity contribution in [1.82, 2.24) is 4.98 Å². The molecule has 1 heterocycles. The number of hydrogen-bond acceptors (Lipinski definition) is 2. The van der Waals surface area contributed by atoms with Gasteiger partial charge in [-0.2, -0.15) is 0 Å². The SMILES string of the molecule is CCCNc1cc(C2CCCC2)nc2c(C)cc(Br)cc12. The molecule has 0 radical (unpaired) electrons. The number of aryl methyl sites for hydroxylation is 1. The Kier molecular flexibility index (Phi) is 4.48. The third-order valence-electron chi connectivity index (χ3n) is 4.43. The van der Waals surface area contributed by atoms with E-state index in [1.807, 2.05) is 0 Å². The van der Waals surface area contributed by atoms with Crippen LogP contribution in [0, 0.1) is 6.92 Å². The molecule has 0 atom stereocenters. The third kappa shape index (κ3) is 3.08. The molecule has 0 unspecified atom stereocenters. The molecule has 1 fully saturated rings. The van der Waals surface area contributed by atoms with E-state index >= 15 is 0 Å². The Hall–Kier alpha value is -1.09. The summed E-state index contributed by atoms with van der Waals surface area (Å²) in [6.45, 7) is 5.37. The molecule has 0 spiro atoms. The zero-order valence-electron chi connectivity index (χ0n) is 12.9. The highest BCUT2D eigenvalue weighted by molar-refractivity contribution is 9.10. The van der Waals surface area contributed by atoms with Gasteiger partial charge in [-0.15, -0.1) is 0 Å². The highest BCUT2D eigenvalue weighted by Crippen LogP contribution is 2.37. The van der Waals surface area contributed by atoms with Crippen LogP contribution < -0.4 is 5.32 Å². The van der Waals surface area contributed by atoms with Crippen LogP contribution in [0.15, 0.2) is 22.7 Å². The number of hydrogen-bond donors (Lipinski definition) is 1. The lowest BCUT2D eigenvalue weighted by Gasteiger charge is -2.16. The van der Waals surface area contributed by atoms with Crippen molar-refractivity contribution >= 4 is 32.5 Å². The predicted molar refractivity (Wildman–Crippen MR) is 94.2 cm³/mol. The van der Waals surface area contributed by atoms with Gasteiger partial charge in [-0.3, -0.25) is 4.98 Å². The lowest BCUT2D eigenvalue weighted by atomic mass is 10.00. The van der Waals surface area contributed by atoms with E-state index in [0.29, 0.717) is 5.92 Å². The number of pyridine rings is 1. The van der Waals surface area contributed by atoms with Gasteiger partial charge in [-0.1, -0.05) is 35.7 Å². The van der Waals surface area contributed by atoms with Gasteiger partial charge in [0, 0.05) is 33.7 Å². The van der Waals surface area contributed by atoms with Crippen LogP contribution in [0.4, 0.5) is 5.69 Å². The molecule has 1 aliphatic rings. The number of nitrogens with zero attached hydrogens (tertiary/aromatic N) is 1. The van der Waals surface area contributed by atoms with Gasteiger partial charge in [0.05, 0.1) is 5.52 Å². The van der Waals surface area contributed by atoms with E-state index in [4.69, 9.17) is 4.98 Å². The molecule has 1 saturated carbocycles. The summed E-state index contributed by atoms with van der Waals surface area (Å²) in [5.74, 6) is 0.652. The average molecular weight is 347 g/mol. The lowest BCUT2D eigenvalue weighted by molar-refractivity contribution is 0.701. The van der Waals surface area contributed by atoms with Crippen LogP contribution in [0.2, 0.25) is 0 Å². The number of rotatable bonds is 4. The molecule has 0 saturated heterocycles. The van der Waals surface area contributed by atoms with Crippen LogP contribution in [-0.2, 0) is 0 Å². The topological polar surface area (TPSA) is 24.9 Å². The van der Waals surface area contributed by atoms with Crippen LogP contribution in [0.25, 0.3) is 10.9 Å². The van der Waals surface area contributed by atoms with E-state index in [-0.39, 0.29) is 0 Å². The molecular weight excluding hydrogens is 324 g/mol. The fourth-order valence-electron chi connectivity index (χ4n) is 3.31. The number of benzene rings is 1. The average Bonchev–Trinajstić information content (AvgIpc) is 2.99. The van der Waals surface area contributed by atoms with Gasteiger partial charge >= 0.3 is 0 Å². The van der Waals surface area contributed by atoms with Crippen molar-refractivity contribution in [2.24, 2.45) is 0 Å². The Balaban J connectivity index is 2.13. The molecule has 0 amide bonds. The Morgan fingerprint density at radius 3 is 2.71 bits per heavy atom. The third-order valence-corrected chi connectivity index (χ3v) is 4.89. The highest BCUT2D eigenvalue weighted by Gasteiger charge is 2.20. The monoisotopic (exact) mass is 346 g/mol. The van der Waals surface area contributed by atoms with Crippen molar-refractivity contribution in [2.45, 2.75) is 51.9 Å². The zero-order valence-corrected chi connectivity index (χ0v) is 14.5. The van der Waals surface area contributed by atoms with Gasteiger partial charge < -0.3 is 5.32 Å². The number of aromatic nitrogens is 1. The first kappa shape index (κ1) is 14.8. The molecule has 1 aromatic carbocycles. The second-order valence-corrected chi connectivity index (χ2v) is 7.04. The number of fused-ring (bicyclic) bond motifs is 1. The van der Waals surface area contributed by atoms with Crippen molar-refractivity contribution in [3.8, 4) is 0 Å². The minimum atomic E-state index is 0.652. The van der Waals surface area contributed by atoms with Crippen molar-refractivity contribution in [2.75, 3.05) is 11.9 Å². The van der Waals surface area contributed by atoms with Crippen LogP contribution in [0.1, 0.15) is 56.2 Å². The Labute approximate surface area is 135 Å². The molecule has 0 aliphatic heterocycles. The molecule has 21 heavy (non-hydrogen) atoms. The maximum atomic E-state index is 5.01. The molecule has 1 aromatic heterocycles. The lowest BCUT2D eigenvalue weighted by Crippen LogP contribution is -2.05. The first-order chi connectivity index (χ1) is 10.2. The Morgan fingerprint density at radius 1 is 1.24 bits per heavy atom. The van der Waals surface area contributed by atoms with Crippen molar-refractivity contribution in [3.63, 3.8) is 0 Å². The standard InChI is InChI=1S/C18H23BrN2/c1-3-8-20-17-11-16(13-6-4-5-7-13)21-18-12(2)9-14(19)10-15(17)18/h9-11,13H,3-8H2,1-2H3,(H,20,21). The predicted octanol–water partition coefficient (Wildman–Crippen LogP) is 5.79. The molecule has 3 rings (SSSR count). The fraction of sp³-hybridized carbons (Fsp3) is 0.500. The largest absolute Gasteiger partial charge is 0.384 e. The number of nitrogens with one attached hydrogen (secondary N) is 1. The van der Waals surface area contributed by atoms with E-state index in [9.17, 15) is 0 Å². The van der Waals surface area contributed by atoms with E-state index in [0.717, 1.165) is 23.0 Å². The highest BCUT2D eigenvalue weighted by atomic mass is 79.9. The van der Waals surface area contributed by atoms with Gasteiger partial charge in [0.25, 0.3) is 0 Å². The zero-order chi connectivity index (χ0) is 14.8. The maximum absolute atomic E-state index is 5.01. The minimum absolute atomic E-state index is 0.652. The summed E-state index contributed by atoms with van der Waals surface area (Å²) < 4.78 is 1.13. The minimum Gasteiger partial charge on any atom is -0.384 e. The quantitative estimate of drug-likeness (QED) is 0.758. The van der Waals surface area contributed by atoms with Crippen LogP contribution >= 0.6 is 15.9 Å². The number of anilines is 1. The molecule has 1 aliphatic carbocycles. The van der Waals surface area contributed by atoms with Crippen LogP contribution in [0.5, 0.6) is 0 Å². The van der Waals surface area contributed by atoms with Crippen LogP contribution in [0.3, 0.4) is 0 Å². The van der Waals surface area contributed by atoms with E-state index < -0.39 is 0 Å². The molecule has 112 valence electrons. The van der Waals surface area contributed by atoms with E-state index in [1.165, 1.54) is 48.0 Å². The second kappa shape index (κ2) is 6.35. The summed E-state index contributed by atoms with van der Waals surface area (Å²) in [7, 11) is 0. The number of halogens is 1. The smallest absolute Gasteiger partial charge is 0.0756 e. The molecule has 3 heteroatoms.